The number of hydrazine groups is 1. The van der Waals surface area contributed by atoms with E-state index in [1.165, 1.54) is 45.3 Å². The minimum Gasteiger partial charge on any atom is -0.342 e. The summed E-state index contributed by atoms with van der Waals surface area (Å²) >= 11 is 0. The first-order valence-electron chi connectivity index (χ1n) is 6.74. The van der Waals surface area contributed by atoms with E-state index in [0.29, 0.717) is 0 Å². The van der Waals surface area contributed by atoms with Crippen molar-refractivity contribution >= 4 is 5.96 Å². The minimum atomic E-state index is 0.824. The monoisotopic (exact) mass is 239 g/mol. The number of hydrogen-bond donors (Lipinski definition) is 2. The minimum absolute atomic E-state index is 0.824. The maximum Gasteiger partial charge on any atom is 0.208 e. The van der Waals surface area contributed by atoms with E-state index in [1.807, 2.05) is 0 Å². The molecular weight excluding hydrogens is 214 g/mol. The summed E-state index contributed by atoms with van der Waals surface area (Å²) in [6.45, 7) is 6.08. The van der Waals surface area contributed by atoms with Crippen LogP contribution in [-0.2, 0) is 0 Å². The summed E-state index contributed by atoms with van der Waals surface area (Å²) in [5, 5.41) is 0. The lowest BCUT2D eigenvalue weighted by Crippen LogP contribution is -2.49. The molecule has 0 unspecified atom stereocenters. The molecule has 2 aliphatic rings. The summed E-state index contributed by atoms with van der Waals surface area (Å²) in [6.07, 6.45) is 5.31. The van der Waals surface area contributed by atoms with Gasteiger partial charge in [0.2, 0.25) is 5.96 Å². The van der Waals surface area contributed by atoms with E-state index in [-0.39, 0.29) is 0 Å². The Balaban J connectivity index is 1.73. The molecule has 0 amide bonds. The van der Waals surface area contributed by atoms with Gasteiger partial charge in [-0.2, -0.15) is 0 Å². The maximum absolute atomic E-state index is 5.45. The van der Waals surface area contributed by atoms with Crippen molar-refractivity contribution in [3.8, 4) is 0 Å². The second-order valence-electron chi connectivity index (χ2n) is 5.13. The van der Waals surface area contributed by atoms with E-state index in [2.05, 4.69) is 20.2 Å². The van der Waals surface area contributed by atoms with E-state index in [1.54, 1.807) is 7.05 Å². The number of nitrogens with zero attached hydrogens (tertiary/aromatic N) is 3. The Kier molecular flexibility index (Phi) is 4.62. The largest absolute Gasteiger partial charge is 0.342 e. The van der Waals surface area contributed by atoms with Gasteiger partial charge >= 0.3 is 0 Å². The first-order chi connectivity index (χ1) is 8.33. The Morgan fingerprint density at radius 2 is 1.88 bits per heavy atom. The number of nitrogens with two attached hydrogens (primary N) is 1. The molecule has 17 heavy (non-hydrogen) atoms. The summed E-state index contributed by atoms with van der Waals surface area (Å²) in [5.74, 6) is 7.14. The molecule has 2 rings (SSSR count). The molecule has 2 saturated heterocycles. The van der Waals surface area contributed by atoms with Gasteiger partial charge in [-0.25, -0.2) is 5.84 Å². The Labute approximate surface area is 104 Å². The van der Waals surface area contributed by atoms with Crippen LogP contribution in [0.25, 0.3) is 0 Å². The van der Waals surface area contributed by atoms with Crippen molar-refractivity contribution in [2.45, 2.75) is 25.7 Å². The van der Waals surface area contributed by atoms with Crippen molar-refractivity contribution in [2.24, 2.45) is 16.8 Å². The van der Waals surface area contributed by atoms with Crippen LogP contribution < -0.4 is 11.3 Å². The summed E-state index contributed by atoms with van der Waals surface area (Å²) in [7, 11) is 1.78. The molecule has 2 heterocycles. The molecule has 0 bridgehead atoms. The molecule has 0 aromatic carbocycles. The molecule has 0 aromatic heterocycles. The number of hydrogen-bond acceptors (Lipinski definition) is 3. The van der Waals surface area contributed by atoms with Gasteiger partial charge in [-0.3, -0.25) is 10.4 Å². The molecule has 3 N–H and O–H groups in total. The highest BCUT2D eigenvalue weighted by Crippen LogP contribution is 2.20. The quantitative estimate of drug-likeness (QED) is 0.314. The predicted molar refractivity (Wildman–Crippen MR) is 70.7 cm³/mol. The number of aliphatic imine (C=N–C) groups is 1. The smallest absolute Gasteiger partial charge is 0.208 e. The van der Waals surface area contributed by atoms with Gasteiger partial charge in [0.1, 0.15) is 0 Å². The third-order valence-corrected chi connectivity index (χ3v) is 3.97. The molecular formula is C12H25N5. The van der Waals surface area contributed by atoms with Gasteiger partial charge in [0.25, 0.3) is 0 Å². The lowest BCUT2D eigenvalue weighted by molar-refractivity contribution is 0.198. The van der Waals surface area contributed by atoms with Crippen LogP contribution in [0.3, 0.4) is 0 Å². The van der Waals surface area contributed by atoms with Crippen LogP contribution in [0.5, 0.6) is 0 Å². The second-order valence-corrected chi connectivity index (χ2v) is 5.13. The number of guanidine groups is 1. The highest BCUT2D eigenvalue weighted by Gasteiger charge is 2.23. The van der Waals surface area contributed by atoms with Crippen molar-refractivity contribution in [1.29, 1.82) is 0 Å². The highest BCUT2D eigenvalue weighted by atomic mass is 15.4. The standard InChI is InChI=1S/C12H25N5/c1-14-12(15-13)17-8-4-11(5-9-17)10-16-6-2-3-7-16/h11H,2-10,13H2,1H3,(H,14,15). The molecule has 2 fully saturated rings. The Bertz CT molecular complexity index is 252. The van der Waals surface area contributed by atoms with E-state index in [4.69, 9.17) is 5.84 Å². The zero-order valence-corrected chi connectivity index (χ0v) is 10.9. The number of rotatable bonds is 2. The van der Waals surface area contributed by atoms with E-state index in [9.17, 15) is 0 Å². The van der Waals surface area contributed by atoms with Crippen LogP contribution in [-0.4, -0.2) is 55.5 Å². The van der Waals surface area contributed by atoms with Crippen molar-refractivity contribution in [1.82, 2.24) is 15.2 Å². The van der Waals surface area contributed by atoms with Gasteiger partial charge in [-0.15, -0.1) is 0 Å². The molecule has 0 radical (unpaired) electrons. The molecule has 0 aliphatic carbocycles. The SMILES string of the molecule is CN=C(NN)N1CCC(CN2CCCC2)CC1. The third kappa shape index (κ3) is 3.33. The van der Waals surface area contributed by atoms with Gasteiger partial charge in [0.05, 0.1) is 0 Å². The third-order valence-electron chi connectivity index (χ3n) is 3.97. The average Bonchev–Trinajstić information content (AvgIpc) is 2.86. The molecule has 0 atom stereocenters. The maximum atomic E-state index is 5.45. The fraction of sp³-hybridized carbons (Fsp3) is 0.917. The van der Waals surface area contributed by atoms with Crippen LogP contribution in [0.1, 0.15) is 25.7 Å². The molecule has 2 aliphatic heterocycles. The fourth-order valence-corrected chi connectivity index (χ4v) is 2.95. The molecule has 0 saturated carbocycles. The van der Waals surface area contributed by atoms with Crippen molar-refractivity contribution in [2.75, 3.05) is 39.8 Å². The first kappa shape index (κ1) is 12.6. The van der Waals surface area contributed by atoms with Crippen molar-refractivity contribution in [3.05, 3.63) is 0 Å². The first-order valence-corrected chi connectivity index (χ1v) is 6.74. The Hall–Kier alpha value is -0.810. The molecule has 5 nitrogen and oxygen atoms in total. The van der Waals surface area contributed by atoms with Crippen LogP contribution in [0.15, 0.2) is 4.99 Å². The lowest BCUT2D eigenvalue weighted by Gasteiger charge is -2.35. The normalized spacial score (nSPS) is 24.4. The lowest BCUT2D eigenvalue weighted by atomic mass is 9.96. The average molecular weight is 239 g/mol. The number of piperidine rings is 1. The van der Waals surface area contributed by atoms with Gasteiger partial charge in [0.15, 0.2) is 0 Å². The molecule has 0 aromatic rings. The second kappa shape index (κ2) is 6.21. The van der Waals surface area contributed by atoms with Crippen molar-refractivity contribution < 1.29 is 0 Å². The fourth-order valence-electron chi connectivity index (χ4n) is 2.95. The Morgan fingerprint density at radius 3 is 2.41 bits per heavy atom. The number of nitrogens with one attached hydrogen (secondary N) is 1. The van der Waals surface area contributed by atoms with Crippen LogP contribution >= 0.6 is 0 Å². The highest BCUT2D eigenvalue weighted by molar-refractivity contribution is 5.79. The molecule has 0 spiro atoms. The molecule has 5 heteroatoms. The van der Waals surface area contributed by atoms with E-state index in [0.717, 1.165) is 25.0 Å². The summed E-state index contributed by atoms with van der Waals surface area (Å²) in [6, 6.07) is 0. The zero-order chi connectivity index (χ0) is 12.1. The number of likely N-dealkylation sites (tertiary alicyclic amines) is 2. The van der Waals surface area contributed by atoms with Gasteiger partial charge in [-0.05, 0) is 44.7 Å². The van der Waals surface area contributed by atoms with Gasteiger partial charge < -0.3 is 9.80 Å². The molecule has 98 valence electrons. The summed E-state index contributed by atoms with van der Waals surface area (Å²) in [4.78, 5) is 9.03. The van der Waals surface area contributed by atoms with Crippen LogP contribution in [0.4, 0.5) is 0 Å². The van der Waals surface area contributed by atoms with Gasteiger partial charge in [0, 0.05) is 26.7 Å². The summed E-state index contributed by atoms with van der Waals surface area (Å²) < 4.78 is 0. The topological polar surface area (TPSA) is 56.9 Å². The predicted octanol–water partition coefficient (Wildman–Crippen LogP) is 0.243. The van der Waals surface area contributed by atoms with Crippen LogP contribution in [0.2, 0.25) is 0 Å². The van der Waals surface area contributed by atoms with E-state index >= 15 is 0 Å². The van der Waals surface area contributed by atoms with Crippen LogP contribution in [0, 0.1) is 5.92 Å². The zero-order valence-electron chi connectivity index (χ0n) is 10.9. The van der Waals surface area contributed by atoms with Gasteiger partial charge in [-0.1, -0.05) is 0 Å². The van der Waals surface area contributed by atoms with E-state index < -0.39 is 0 Å². The summed E-state index contributed by atoms with van der Waals surface area (Å²) in [5.41, 5.74) is 2.67. The Morgan fingerprint density at radius 1 is 1.24 bits per heavy atom. The van der Waals surface area contributed by atoms with Crippen molar-refractivity contribution in [3.63, 3.8) is 0 Å².